The number of hydrogen-bond donors (Lipinski definition) is 0. The Morgan fingerprint density at radius 1 is 1.14 bits per heavy atom. The van der Waals surface area contributed by atoms with Crippen LogP contribution in [0.4, 0.5) is 13.2 Å². The molecule has 8 heteroatoms. The molecule has 0 bridgehead atoms. The van der Waals surface area contributed by atoms with Gasteiger partial charge in [0.15, 0.2) is 5.69 Å². The molecule has 118 valence electrons. The van der Waals surface area contributed by atoms with Crippen LogP contribution in [0, 0.1) is 0 Å². The summed E-state index contributed by atoms with van der Waals surface area (Å²) in [4.78, 5) is 0. The van der Waals surface area contributed by atoms with Crippen LogP contribution in [-0.2, 0) is 15.5 Å². The fourth-order valence-corrected chi connectivity index (χ4v) is 2.10. The van der Waals surface area contributed by atoms with Gasteiger partial charge in [-0.1, -0.05) is 0 Å². The minimum atomic E-state index is -4.49. The lowest BCUT2D eigenvalue weighted by atomic mass is 9.84. The van der Waals surface area contributed by atoms with Gasteiger partial charge in [-0.2, -0.15) is 18.3 Å². The Hall–Kier alpha value is -1.02. The van der Waals surface area contributed by atoms with E-state index in [1.807, 2.05) is 27.7 Å². The zero-order chi connectivity index (χ0) is 16.2. The van der Waals surface area contributed by atoms with E-state index in [1.54, 1.807) is 13.8 Å². The van der Waals surface area contributed by atoms with E-state index < -0.39 is 30.2 Å². The van der Waals surface area contributed by atoms with E-state index in [-0.39, 0.29) is 11.6 Å². The standard InChI is InChI=1S/C13H20BF3N2O2/c1-8(2)19-10(7-9(18-19)13(15,16)17)14-20-11(3,4)12(5,6)21-14/h7-8H,1-6H3. The quantitative estimate of drug-likeness (QED) is 0.788. The molecule has 1 aromatic rings. The molecule has 0 aromatic carbocycles. The van der Waals surface area contributed by atoms with E-state index in [9.17, 15) is 13.2 Å². The van der Waals surface area contributed by atoms with Gasteiger partial charge in [-0.05, 0) is 47.6 Å². The van der Waals surface area contributed by atoms with E-state index in [1.165, 1.54) is 4.68 Å². The van der Waals surface area contributed by atoms with Crippen molar-refractivity contribution in [2.45, 2.75) is 65.0 Å². The minimum Gasteiger partial charge on any atom is -0.398 e. The van der Waals surface area contributed by atoms with Gasteiger partial charge >= 0.3 is 13.3 Å². The number of hydrogen-bond acceptors (Lipinski definition) is 3. The van der Waals surface area contributed by atoms with E-state index >= 15 is 0 Å². The molecule has 1 aromatic heterocycles. The molecule has 0 radical (unpaired) electrons. The van der Waals surface area contributed by atoms with Crippen molar-refractivity contribution < 1.29 is 22.5 Å². The summed E-state index contributed by atoms with van der Waals surface area (Å²) in [5.41, 5.74) is -1.86. The highest BCUT2D eigenvalue weighted by molar-refractivity contribution is 6.61. The molecule has 0 aliphatic carbocycles. The highest BCUT2D eigenvalue weighted by atomic mass is 19.4. The van der Waals surface area contributed by atoms with Crippen LogP contribution in [-0.4, -0.2) is 28.1 Å². The molecule has 1 aliphatic heterocycles. The van der Waals surface area contributed by atoms with Crippen molar-refractivity contribution in [2.24, 2.45) is 0 Å². The van der Waals surface area contributed by atoms with Crippen LogP contribution in [0.1, 0.15) is 53.3 Å². The van der Waals surface area contributed by atoms with E-state index in [2.05, 4.69) is 5.10 Å². The van der Waals surface area contributed by atoms with Gasteiger partial charge in [-0.25, -0.2) is 0 Å². The molecule has 1 saturated heterocycles. The number of halogens is 3. The second kappa shape index (κ2) is 4.74. The number of aromatic nitrogens is 2. The third-order valence-corrected chi connectivity index (χ3v) is 4.04. The van der Waals surface area contributed by atoms with Gasteiger partial charge in [-0.3, -0.25) is 4.68 Å². The molecule has 0 unspecified atom stereocenters. The largest absolute Gasteiger partial charge is 0.514 e. The minimum absolute atomic E-state index is 0.227. The average molecular weight is 304 g/mol. The predicted molar refractivity (Wildman–Crippen MR) is 73.3 cm³/mol. The van der Waals surface area contributed by atoms with Crippen LogP contribution in [0.2, 0.25) is 0 Å². The van der Waals surface area contributed by atoms with Crippen LogP contribution in [0.5, 0.6) is 0 Å². The summed E-state index contributed by atoms with van der Waals surface area (Å²) in [5.74, 6) is 0. The lowest BCUT2D eigenvalue weighted by Gasteiger charge is -2.32. The average Bonchev–Trinajstić information content (AvgIpc) is 2.78. The molecule has 1 aliphatic rings. The van der Waals surface area contributed by atoms with Crippen LogP contribution in [0.3, 0.4) is 0 Å². The molecule has 0 N–H and O–H groups in total. The van der Waals surface area contributed by atoms with Crippen molar-refractivity contribution in [3.05, 3.63) is 11.8 Å². The lowest BCUT2D eigenvalue weighted by Crippen LogP contribution is -2.41. The van der Waals surface area contributed by atoms with Crippen molar-refractivity contribution >= 4 is 12.7 Å². The van der Waals surface area contributed by atoms with Gasteiger partial charge in [0.2, 0.25) is 0 Å². The molecular formula is C13H20BF3N2O2. The maximum absolute atomic E-state index is 12.9. The fraction of sp³-hybridized carbons (Fsp3) is 0.769. The Kier molecular flexibility index (Phi) is 3.69. The molecule has 0 atom stereocenters. The molecule has 2 rings (SSSR count). The molecule has 1 fully saturated rings. The smallest absolute Gasteiger partial charge is 0.398 e. The molecule has 0 amide bonds. The summed E-state index contributed by atoms with van der Waals surface area (Å²) in [6, 6.07) is 0.775. The van der Waals surface area contributed by atoms with Crippen LogP contribution < -0.4 is 5.59 Å². The first-order valence-electron chi connectivity index (χ1n) is 6.87. The van der Waals surface area contributed by atoms with Crippen molar-refractivity contribution in [2.75, 3.05) is 0 Å². The molecule has 4 nitrogen and oxygen atoms in total. The number of rotatable bonds is 2. The summed E-state index contributed by atoms with van der Waals surface area (Å²) in [6.45, 7) is 11.0. The second-order valence-corrected chi connectivity index (χ2v) is 6.58. The summed E-state index contributed by atoms with van der Waals surface area (Å²) in [6.07, 6.45) is -4.49. The number of nitrogens with zero attached hydrogens (tertiary/aromatic N) is 2. The highest BCUT2D eigenvalue weighted by Crippen LogP contribution is 2.37. The Morgan fingerprint density at radius 2 is 1.62 bits per heavy atom. The first kappa shape index (κ1) is 16.4. The molecule has 0 saturated carbocycles. The maximum atomic E-state index is 12.9. The van der Waals surface area contributed by atoms with Crippen molar-refractivity contribution in [3.63, 3.8) is 0 Å². The topological polar surface area (TPSA) is 36.3 Å². The van der Waals surface area contributed by atoms with Crippen LogP contribution in [0.15, 0.2) is 6.07 Å². The summed E-state index contributed by atoms with van der Waals surface area (Å²) in [7, 11) is -0.860. The van der Waals surface area contributed by atoms with Crippen LogP contribution >= 0.6 is 0 Å². The van der Waals surface area contributed by atoms with Gasteiger partial charge in [0.05, 0.1) is 16.8 Å². The predicted octanol–water partition coefficient (Wildman–Crippen LogP) is 2.78. The zero-order valence-electron chi connectivity index (χ0n) is 13.1. The first-order valence-corrected chi connectivity index (χ1v) is 6.87. The van der Waals surface area contributed by atoms with Gasteiger partial charge < -0.3 is 9.31 Å². The first-order chi connectivity index (χ1) is 9.35. The van der Waals surface area contributed by atoms with Gasteiger partial charge in [0, 0.05) is 6.04 Å². The van der Waals surface area contributed by atoms with Gasteiger partial charge in [-0.15, -0.1) is 0 Å². The zero-order valence-corrected chi connectivity index (χ0v) is 13.1. The lowest BCUT2D eigenvalue weighted by molar-refractivity contribution is -0.141. The Balaban J connectivity index is 2.43. The molecule has 21 heavy (non-hydrogen) atoms. The second-order valence-electron chi connectivity index (χ2n) is 6.58. The van der Waals surface area contributed by atoms with E-state index in [0.717, 1.165) is 6.07 Å². The Morgan fingerprint density at radius 3 is 2.00 bits per heavy atom. The molecular weight excluding hydrogens is 284 g/mol. The summed E-state index contributed by atoms with van der Waals surface area (Å²) >= 11 is 0. The molecule has 0 spiro atoms. The van der Waals surface area contributed by atoms with E-state index in [0.29, 0.717) is 0 Å². The highest BCUT2D eigenvalue weighted by Gasteiger charge is 2.53. The third-order valence-electron chi connectivity index (χ3n) is 4.04. The van der Waals surface area contributed by atoms with Gasteiger partial charge in [0.25, 0.3) is 0 Å². The Labute approximate surface area is 122 Å². The van der Waals surface area contributed by atoms with Crippen molar-refractivity contribution in [1.82, 2.24) is 9.78 Å². The number of alkyl halides is 3. The van der Waals surface area contributed by atoms with Crippen molar-refractivity contribution in [1.29, 1.82) is 0 Å². The Bertz CT molecular complexity index is 522. The normalized spacial score (nSPS) is 21.3. The summed E-state index contributed by atoms with van der Waals surface area (Å²) in [5, 5.41) is 3.65. The van der Waals surface area contributed by atoms with Gasteiger partial charge in [0.1, 0.15) is 0 Å². The van der Waals surface area contributed by atoms with Crippen molar-refractivity contribution in [3.8, 4) is 0 Å². The van der Waals surface area contributed by atoms with Crippen LogP contribution in [0.25, 0.3) is 0 Å². The monoisotopic (exact) mass is 304 g/mol. The molecule has 2 heterocycles. The summed E-state index contributed by atoms with van der Waals surface area (Å²) < 4.78 is 51.6. The fourth-order valence-electron chi connectivity index (χ4n) is 2.10. The SMILES string of the molecule is CC(C)n1nc(C(F)(F)F)cc1B1OC(C)(C)C(C)(C)O1. The third kappa shape index (κ3) is 2.83. The van der Waals surface area contributed by atoms with E-state index in [4.69, 9.17) is 9.31 Å². The maximum Gasteiger partial charge on any atom is 0.514 e.